The second kappa shape index (κ2) is 17.1. The normalized spacial score (nSPS) is 16.3. The Morgan fingerprint density at radius 3 is 2.14 bits per heavy atom. The number of aliphatic carboxylic acids is 1. The topological polar surface area (TPSA) is 154 Å². The van der Waals surface area contributed by atoms with Gasteiger partial charge < -0.3 is 31.7 Å². The van der Waals surface area contributed by atoms with Gasteiger partial charge in [0.1, 0.15) is 12.1 Å². The highest BCUT2D eigenvalue weighted by Gasteiger charge is 2.38. The van der Waals surface area contributed by atoms with Crippen LogP contribution >= 0.6 is 0 Å². The van der Waals surface area contributed by atoms with E-state index in [-0.39, 0.29) is 23.8 Å². The lowest BCUT2D eigenvalue weighted by Gasteiger charge is -2.35. The number of piperazine rings is 1. The van der Waals surface area contributed by atoms with Gasteiger partial charge in [0.2, 0.25) is 11.8 Å². The van der Waals surface area contributed by atoms with Crippen LogP contribution in [0, 0.1) is 0 Å². The van der Waals surface area contributed by atoms with Gasteiger partial charge in [0.15, 0.2) is 0 Å². The van der Waals surface area contributed by atoms with E-state index in [1.807, 2.05) is 48.2 Å². The Bertz CT molecular complexity index is 1150. The molecule has 1 heterocycles. The molecule has 1 aliphatic rings. The van der Waals surface area contributed by atoms with E-state index in [2.05, 4.69) is 16.0 Å². The molecule has 3 rings (SSSR count). The quantitative estimate of drug-likeness (QED) is 0.250. The first-order valence-corrected chi connectivity index (χ1v) is 13.6. The third kappa shape index (κ3) is 11.9. The van der Waals surface area contributed by atoms with Gasteiger partial charge in [-0.25, -0.2) is 4.79 Å². The molecule has 0 unspecified atom stereocenters. The van der Waals surface area contributed by atoms with Gasteiger partial charge in [-0.3, -0.25) is 14.4 Å². The van der Waals surface area contributed by atoms with Crippen LogP contribution < -0.4 is 21.7 Å². The number of nitrogens with two attached hydrogens (primary N) is 1. The minimum Gasteiger partial charge on any atom is -0.475 e. The molecule has 0 spiro atoms. The molecule has 2 aromatic carbocycles. The Balaban J connectivity index is 0.000000782. The summed E-state index contributed by atoms with van der Waals surface area (Å²) >= 11 is 0. The molecule has 1 fully saturated rings. The van der Waals surface area contributed by atoms with E-state index in [0.717, 1.165) is 24.9 Å². The third-order valence-electron chi connectivity index (χ3n) is 6.42. The molecule has 2 aromatic rings. The van der Waals surface area contributed by atoms with E-state index in [1.54, 1.807) is 24.3 Å². The van der Waals surface area contributed by atoms with Crippen LogP contribution in [0.1, 0.15) is 42.1 Å². The Morgan fingerprint density at radius 2 is 1.60 bits per heavy atom. The molecule has 0 saturated carbocycles. The summed E-state index contributed by atoms with van der Waals surface area (Å²) in [4.78, 5) is 50.4. The third-order valence-corrected chi connectivity index (χ3v) is 6.42. The fourth-order valence-corrected chi connectivity index (χ4v) is 4.27. The van der Waals surface area contributed by atoms with E-state index in [1.165, 1.54) is 0 Å². The standard InChI is InChI=1S/C27H37N5O3.C2HF3O2/c1-20-19-32(17-16-29-20)27(35)23(14-8-9-15-28)30-26(34)24(18-21-10-4-2-5-11-21)31-25(33)22-12-6-3-7-13-22;3-2(4,5)1(6)7/h2-7,10-13,20,23-24,29H,8-9,14-19,28H2,1H3,(H,30,34)(H,31,33);(H,6,7)/t20-,23+,24+;/m1./s1. The lowest BCUT2D eigenvalue weighted by Crippen LogP contribution is -2.58. The van der Waals surface area contributed by atoms with Crippen molar-refractivity contribution >= 4 is 23.7 Å². The summed E-state index contributed by atoms with van der Waals surface area (Å²) in [7, 11) is 0. The van der Waals surface area contributed by atoms with Gasteiger partial charge in [-0.15, -0.1) is 0 Å². The molecule has 0 aliphatic carbocycles. The zero-order chi connectivity index (χ0) is 31.1. The molecular formula is C29H38F3N5O5. The molecular weight excluding hydrogens is 555 g/mol. The van der Waals surface area contributed by atoms with Crippen LogP contribution in [0.5, 0.6) is 0 Å². The lowest BCUT2D eigenvalue weighted by atomic mass is 10.0. The Morgan fingerprint density at radius 1 is 1.00 bits per heavy atom. The number of amides is 3. The largest absolute Gasteiger partial charge is 0.490 e. The molecule has 1 saturated heterocycles. The van der Waals surface area contributed by atoms with Crippen molar-refractivity contribution in [3.8, 4) is 0 Å². The first kappa shape index (κ1) is 34.2. The van der Waals surface area contributed by atoms with Gasteiger partial charge in [-0.05, 0) is 50.4 Å². The van der Waals surface area contributed by atoms with Crippen molar-refractivity contribution in [3.05, 3.63) is 71.8 Å². The number of benzene rings is 2. The average Bonchev–Trinajstić information content (AvgIpc) is 2.96. The monoisotopic (exact) mass is 593 g/mol. The number of alkyl halides is 3. The molecule has 10 nitrogen and oxygen atoms in total. The highest BCUT2D eigenvalue weighted by Crippen LogP contribution is 2.13. The number of halogens is 3. The minimum atomic E-state index is -5.08. The van der Waals surface area contributed by atoms with Crippen molar-refractivity contribution in [2.45, 2.75) is 56.9 Å². The number of rotatable bonds is 11. The SMILES string of the molecule is C[C@@H]1CN(C(=O)[C@H](CCCCN)NC(=O)[C@H](Cc2ccccc2)NC(=O)c2ccccc2)CCN1.O=C(O)C(F)(F)F. The van der Waals surface area contributed by atoms with Crippen LogP contribution in [0.2, 0.25) is 0 Å². The highest BCUT2D eigenvalue weighted by atomic mass is 19.4. The van der Waals surface area contributed by atoms with Gasteiger partial charge in [-0.1, -0.05) is 48.5 Å². The average molecular weight is 594 g/mol. The number of hydrogen-bond acceptors (Lipinski definition) is 6. The fraction of sp³-hybridized carbons (Fsp3) is 0.448. The van der Waals surface area contributed by atoms with Gasteiger partial charge in [0, 0.05) is 37.7 Å². The number of carbonyl (C=O) groups is 4. The van der Waals surface area contributed by atoms with Crippen LogP contribution in [0.4, 0.5) is 13.2 Å². The van der Waals surface area contributed by atoms with Crippen LogP contribution in [-0.4, -0.2) is 84.2 Å². The fourth-order valence-electron chi connectivity index (χ4n) is 4.27. The number of unbranched alkanes of at least 4 members (excludes halogenated alkanes) is 1. The maximum absolute atomic E-state index is 13.5. The van der Waals surface area contributed by atoms with Crippen LogP contribution in [-0.2, 0) is 20.8 Å². The van der Waals surface area contributed by atoms with Gasteiger partial charge >= 0.3 is 12.1 Å². The molecule has 230 valence electrons. The predicted octanol–water partition coefficient (Wildman–Crippen LogP) is 2.10. The minimum absolute atomic E-state index is 0.0865. The number of nitrogens with one attached hydrogen (secondary N) is 3. The Hall–Kier alpha value is -3.97. The van der Waals surface area contributed by atoms with E-state index in [9.17, 15) is 27.6 Å². The highest BCUT2D eigenvalue weighted by molar-refractivity contribution is 5.98. The van der Waals surface area contributed by atoms with Crippen molar-refractivity contribution < 1.29 is 37.5 Å². The maximum Gasteiger partial charge on any atom is 0.490 e. The zero-order valence-electron chi connectivity index (χ0n) is 23.4. The van der Waals surface area contributed by atoms with Gasteiger partial charge in [0.25, 0.3) is 5.91 Å². The van der Waals surface area contributed by atoms with Crippen LogP contribution in [0.3, 0.4) is 0 Å². The van der Waals surface area contributed by atoms with Crippen molar-refractivity contribution in [1.82, 2.24) is 20.9 Å². The Kier molecular flexibility index (Phi) is 13.9. The Labute approximate surface area is 242 Å². The predicted molar refractivity (Wildman–Crippen MR) is 150 cm³/mol. The first-order chi connectivity index (χ1) is 19.9. The van der Waals surface area contributed by atoms with E-state index >= 15 is 0 Å². The first-order valence-electron chi connectivity index (χ1n) is 13.6. The number of carboxylic acid groups (broad SMARTS) is 1. The molecule has 3 amide bonds. The van der Waals surface area contributed by atoms with Crippen LogP contribution in [0.15, 0.2) is 60.7 Å². The summed E-state index contributed by atoms with van der Waals surface area (Å²) < 4.78 is 31.7. The molecule has 13 heteroatoms. The summed E-state index contributed by atoms with van der Waals surface area (Å²) in [6.45, 7) is 4.49. The summed E-state index contributed by atoms with van der Waals surface area (Å²) in [5.74, 6) is -3.54. The summed E-state index contributed by atoms with van der Waals surface area (Å²) in [5.41, 5.74) is 7.05. The molecule has 0 bridgehead atoms. The summed E-state index contributed by atoms with van der Waals surface area (Å²) in [5, 5.41) is 16.3. The van der Waals surface area contributed by atoms with Crippen molar-refractivity contribution in [1.29, 1.82) is 0 Å². The van der Waals surface area contributed by atoms with E-state index in [0.29, 0.717) is 38.0 Å². The number of carbonyl (C=O) groups excluding carboxylic acids is 3. The number of nitrogens with zero attached hydrogens (tertiary/aromatic N) is 1. The molecule has 42 heavy (non-hydrogen) atoms. The number of hydrogen-bond donors (Lipinski definition) is 5. The maximum atomic E-state index is 13.5. The molecule has 0 radical (unpaired) electrons. The second-order valence-corrected chi connectivity index (χ2v) is 9.87. The van der Waals surface area contributed by atoms with Crippen molar-refractivity contribution in [2.24, 2.45) is 5.73 Å². The molecule has 3 atom stereocenters. The van der Waals surface area contributed by atoms with Crippen LogP contribution in [0.25, 0.3) is 0 Å². The molecule has 1 aliphatic heterocycles. The second-order valence-electron chi connectivity index (χ2n) is 9.87. The molecule has 6 N–H and O–H groups in total. The van der Waals surface area contributed by atoms with Gasteiger partial charge in [-0.2, -0.15) is 13.2 Å². The summed E-state index contributed by atoms with van der Waals surface area (Å²) in [6, 6.07) is 17.1. The van der Waals surface area contributed by atoms with Crippen molar-refractivity contribution in [2.75, 3.05) is 26.2 Å². The summed E-state index contributed by atoms with van der Waals surface area (Å²) in [6.07, 6.45) is -2.76. The van der Waals surface area contributed by atoms with E-state index < -0.39 is 24.2 Å². The zero-order valence-corrected chi connectivity index (χ0v) is 23.4. The lowest BCUT2D eigenvalue weighted by molar-refractivity contribution is -0.192. The van der Waals surface area contributed by atoms with E-state index in [4.69, 9.17) is 15.6 Å². The van der Waals surface area contributed by atoms with Crippen molar-refractivity contribution in [3.63, 3.8) is 0 Å². The molecule has 0 aromatic heterocycles. The smallest absolute Gasteiger partial charge is 0.475 e. The van der Waals surface area contributed by atoms with Gasteiger partial charge in [0.05, 0.1) is 0 Å². The number of carboxylic acids is 1.